The molecule has 2 nitrogen and oxygen atoms in total. The molecule has 1 N–H and O–H groups in total. The molecule has 0 bridgehead atoms. The SMILES string of the molecule is C=C(C)C(NCC)C(C)(C)N(CC)CC. The van der Waals surface area contributed by atoms with Crippen molar-refractivity contribution >= 4 is 0 Å². The first kappa shape index (κ1) is 14.7. The maximum absolute atomic E-state index is 4.10. The molecule has 0 spiro atoms. The van der Waals surface area contributed by atoms with E-state index in [1.54, 1.807) is 0 Å². The first-order valence-electron chi connectivity index (χ1n) is 6.05. The molecule has 0 aliphatic carbocycles. The van der Waals surface area contributed by atoms with Crippen LogP contribution in [0.25, 0.3) is 0 Å². The molecule has 0 aromatic heterocycles. The summed E-state index contributed by atoms with van der Waals surface area (Å²) in [6.45, 7) is 20.5. The molecule has 0 aromatic rings. The number of nitrogens with zero attached hydrogens (tertiary/aromatic N) is 1. The van der Waals surface area contributed by atoms with Crippen molar-refractivity contribution in [2.75, 3.05) is 19.6 Å². The van der Waals surface area contributed by atoms with Crippen LogP contribution in [0.2, 0.25) is 0 Å². The van der Waals surface area contributed by atoms with E-state index in [-0.39, 0.29) is 5.54 Å². The molecule has 1 atom stereocenters. The van der Waals surface area contributed by atoms with Gasteiger partial charge >= 0.3 is 0 Å². The third kappa shape index (κ3) is 3.62. The summed E-state index contributed by atoms with van der Waals surface area (Å²) in [7, 11) is 0. The molecule has 15 heavy (non-hydrogen) atoms. The molecule has 0 aliphatic rings. The van der Waals surface area contributed by atoms with Crippen molar-refractivity contribution in [2.24, 2.45) is 0 Å². The highest BCUT2D eigenvalue weighted by Gasteiger charge is 2.33. The zero-order chi connectivity index (χ0) is 12.1. The Bertz CT molecular complexity index is 193. The molecule has 90 valence electrons. The van der Waals surface area contributed by atoms with Gasteiger partial charge in [-0.1, -0.05) is 32.9 Å². The van der Waals surface area contributed by atoms with E-state index in [0.29, 0.717) is 6.04 Å². The summed E-state index contributed by atoms with van der Waals surface area (Å²) in [5, 5.41) is 3.53. The molecule has 0 aromatic carbocycles. The molecule has 0 aliphatic heterocycles. The number of hydrogen-bond acceptors (Lipinski definition) is 2. The fourth-order valence-corrected chi connectivity index (χ4v) is 2.45. The average Bonchev–Trinajstić information content (AvgIpc) is 2.14. The van der Waals surface area contributed by atoms with Crippen LogP contribution in [0, 0.1) is 0 Å². The van der Waals surface area contributed by atoms with Crippen molar-refractivity contribution in [3.8, 4) is 0 Å². The Balaban J connectivity index is 4.82. The van der Waals surface area contributed by atoms with Crippen LogP contribution in [0.5, 0.6) is 0 Å². The molecule has 0 fully saturated rings. The van der Waals surface area contributed by atoms with Crippen LogP contribution < -0.4 is 5.32 Å². The van der Waals surface area contributed by atoms with Gasteiger partial charge in [0.25, 0.3) is 0 Å². The summed E-state index contributed by atoms with van der Waals surface area (Å²) in [4.78, 5) is 2.48. The molecule has 0 saturated heterocycles. The van der Waals surface area contributed by atoms with Crippen molar-refractivity contribution in [3.05, 3.63) is 12.2 Å². The van der Waals surface area contributed by atoms with Gasteiger partial charge in [-0.05, 0) is 40.4 Å². The van der Waals surface area contributed by atoms with Gasteiger partial charge in [0.15, 0.2) is 0 Å². The highest BCUT2D eigenvalue weighted by molar-refractivity contribution is 5.12. The Kier molecular flexibility index (Phi) is 6.15. The largest absolute Gasteiger partial charge is 0.309 e. The third-order valence-corrected chi connectivity index (χ3v) is 3.19. The predicted octanol–water partition coefficient (Wildman–Crippen LogP) is 2.66. The van der Waals surface area contributed by atoms with Crippen LogP contribution in [0.4, 0.5) is 0 Å². The second-order valence-corrected chi connectivity index (χ2v) is 4.66. The minimum atomic E-state index is 0.130. The summed E-state index contributed by atoms with van der Waals surface area (Å²) in [6.07, 6.45) is 0. The van der Waals surface area contributed by atoms with Crippen molar-refractivity contribution in [1.29, 1.82) is 0 Å². The van der Waals surface area contributed by atoms with E-state index in [9.17, 15) is 0 Å². The quantitative estimate of drug-likeness (QED) is 0.653. The van der Waals surface area contributed by atoms with Gasteiger partial charge in [-0.15, -0.1) is 0 Å². The average molecular weight is 212 g/mol. The maximum atomic E-state index is 4.10. The predicted molar refractivity (Wildman–Crippen MR) is 69.3 cm³/mol. The number of likely N-dealkylation sites (N-methyl/N-ethyl adjacent to an activating group) is 2. The van der Waals surface area contributed by atoms with E-state index in [2.05, 4.69) is 58.3 Å². The van der Waals surface area contributed by atoms with Crippen LogP contribution in [0.1, 0.15) is 41.5 Å². The lowest BCUT2D eigenvalue weighted by Gasteiger charge is -2.44. The highest BCUT2D eigenvalue weighted by atomic mass is 15.2. The monoisotopic (exact) mass is 212 g/mol. The van der Waals surface area contributed by atoms with E-state index < -0.39 is 0 Å². The van der Waals surface area contributed by atoms with Crippen LogP contribution in [0.3, 0.4) is 0 Å². The van der Waals surface area contributed by atoms with Crippen molar-refractivity contribution < 1.29 is 0 Å². The number of nitrogens with one attached hydrogen (secondary N) is 1. The summed E-state index contributed by atoms with van der Waals surface area (Å²) < 4.78 is 0. The van der Waals surface area contributed by atoms with E-state index >= 15 is 0 Å². The first-order chi connectivity index (χ1) is 6.91. The minimum absolute atomic E-state index is 0.130. The van der Waals surface area contributed by atoms with Crippen LogP contribution in [-0.4, -0.2) is 36.1 Å². The van der Waals surface area contributed by atoms with Gasteiger partial charge in [-0.25, -0.2) is 0 Å². The standard InChI is InChI=1S/C13H28N2/c1-8-14-12(11(4)5)13(6,7)15(9-2)10-3/h12,14H,4,8-10H2,1-3,5-7H3. The zero-order valence-electron chi connectivity index (χ0n) is 11.4. The Morgan fingerprint density at radius 2 is 1.73 bits per heavy atom. The molecule has 0 rings (SSSR count). The van der Waals surface area contributed by atoms with E-state index in [1.807, 2.05) is 0 Å². The lowest BCUT2D eigenvalue weighted by Crippen LogP contribution is -2.58. The molecular weight excluding hydrogens is 184 g/mol. The molecule has 0 saturated carbocycles. The topological polar surface area (TPSA) is 15.3 Å². The Labute approximate surface area is 95.7 Å². The highest BCUT2D eigenvalue weighted by Crippen LogP contribution is 2.22. The summed E-state index contributed by atoms with van der Waals surface area (Å²) in [5.74, 6) is 0. The lowest BCUT2D eigenvalue weighted by atomic mass is 9.87. The minimum Gasteiger partial charge on any atom is -0.309 e. The molecule has 1 unspecified atom stereocenters. The van der Waals surface area contributed by atoms with E-state index in [1.165, 1.54) is 5.57 Å². The van der Waals surface area contributed by atoms with Gasteiger partial charge in [-0.2, -0.15) is 0 Å². The molecular formula is C13H28N2. The number of hydrogen-bond donors (Lipinski definition) is 1. The van der Waals surface area contributed by atoms with Crippen LogP contribution >= 0.6 is 0 Å². The Morgan fingerprint density at radius 3 is 2.00 bits per heavy atom. The number of rotatable bonds is 7. The van der Waals surface area contributed by atoms with Gasteiger partial charge in [0.1, 0.15) is 0 Å². The maximum Gasteiger partial charge on any atom is 0.0455 e. The fraction of sp³-hybridized carbons (Fsp3) is 0.846. The normalized spacial score (nSPS) is 14.3. The van der Waals surface area contributed by atoms with Crippen molar-refractivity contribution in [1.82, 2.24) is 10.2 Å². The first-order valence-corrected chi connectivity index (χ1v) is 6.05. The summed E-state index contributed by atoms with van der Waals surface area (Å²) in [5.41, 5.74) is 1.35. The van der Waals surface area contributed by atoms with Gasteiger partial charge in [0, 0.05) is 11.6 Å². The summed E-state index contributed by atoms with van der Waals surface area (Å²) >= 11 is 0. The zero-order valence-corrected chi connectivity index (χ0v) is 11.4. The van der Waals surface area contributed by atoms with Crippen molar-refractivity contribution in [3.63, 3.8) is 0 Å². The second-order valence-electron chi connectivity index (χ2n) is 4.66. The van der Waals surface area contributed by atoms with Gasteiger partial charge in [-0.3, -0.25) is 4.90 Å². The molecule has 0 heterocycles. The van der Waals surface area contributed by atoms with Gasteiger partial charge in [0.05, 0.1) is 0 Å². The lowest BCUT2D eigenvalue weighted by molar-refractivity contribution is 0.105. The van der Waals surface area contributed by atoms with E-state index in [0.717, 1.165) is 19.6 Å². The Hall–Kier alpha value is -0.340. The van der Waals surface area contributed by atoms with Gasteiger partial charge in [0.2, 0.25) is 0 Å². The molecule has 2 heteroatoms. The van der Waals surface area contributed by atoms with Crippen LogP contribution in [-0.2, 0) is 0 Å². The van der Waals surface area contributed by atoms with E-state index in [4.69, 9.17) is 0 Å². The van der Waals surface area contributed by atoms with Gasteiger partial charge < -0.3 is 5.32 Å². The smallest absolute Gasteiger partial charge is 0.0455 e. The van der Waals surface area contributed by atoms with Crippen LogP contribution in [0.15, 0.2) is 12.2 Å². The molecule has 0 amide bonds. The summed E-state index contributed by atoms with van der Waals surface area (Å²) in [6, 6.07) is 0.363. The Morgan fingerprint density at radius 1 is 1.27 bits per heavy atom. The fourth-order valence-electron chi connectivity index (χ4n) is 2.45. The van der Waals surface area contributed by atoms with Crippen molar-refractivity contribution in [2.45, 2.75) is 53.1 Å². The second kappa shape index (κ2) is 6.29. The third-order valence-electron chi connectivity index (χ3n) is 3.19. The molecule has 0 radical (unpaired) electrons.